The van der Waals surface area contributed by atoms with Crippen LogP contribution in [0.4, 0.5) is 0 Å². The SMILES string of the molecule is C.C.Cc1nnn[n-]1.Cn1[c-]nnn1.[Y].[Y]. The Labute approximate surface area is 145 Å². The van der Waals surface area contributed by atoms with Crippen LogP contribution in [0.2, 0.25) is 0 Å². The Morgan fingerprint density at radius 2 is 1.81 bits per heavy atom. The first-order chi connectivity index (χ1) is 5.79. The molecule has 0 aliphatic rings. The Bertz CT molecular complexity index is 262. The molecule has 0 N–H and O–H groups in total. The first-order valence-electron chi connectivity index (χ1n) is 3.04. The van der Waals surface area contributed by atoms with Crippen molar-refractivity contribution < 1.29 is 65.4 Å². The third-order valence-electron chi connectivity index (χ3n) is 0.827. The van der Waals surface area contributed by atoms with Gasteiger partial charge in [0.15, 0.2) is 0 Å². The molecule has 0 aliphatic carbocycles. The number of nitrogens with zero attached hydrogens (tertiary/aromatic N) is 8. The van der Waals surface area contributed by atoms with Crippen LogP contribution >= 0.6 is 0 Å². The van der Waals surface area contributed by atoms with E-state index in [9.17, 15) is 0 Å². The molecule has 10 heteroatoms. The van der Waals surface area contributed by atoms with Crippen molar-refractivity contribution in [3.63, 3.8) is 0 Å². The van der Waals surface area contributed by atoms with E-state index in [2.05, 4.69) is 42.5 Å². The quantitative estimate of drug-likeness (QED) is 0.568. The first kappa shape index (κ1) is 25.3. The van der Waals surface area contributed by atoms with Gasteiger partial charge in [0, 0.05) is 71.2 Å². The van der Waals surface area contributed by atoms with Crippen molar-refractivity contribution in [1.82, 2.24) is 40.8 Å². The van der Waals surface area contributed by atoms with Gasteiger partial charge in [-0.1, -0.05) is 25.3 Å². The second-order valence-corrected chi connectivity index (χ2v) is 1.83. The van der Waals surface area contributed by atoms with E-state index in [-0.39, 0.29) is 80.3 Å². The number of aryl methyl sites for hydroxylation is 2. The number of aromatic nitrogens is 8. The van der Waals surface area contributed by atoms with Crippen LogP contribution in [-0.2, 0) is 72.5 Å². The Morgan fingerprint density at radius 3 is 1.94 bits per heavy atom. The van der Waals surface area contributed by atoms with Gasteiger partial charge in [0.2, 0.25) is 0 Å². The van der Waals surface area contributed by atoms with Gasteiger partial charge in [-0.15, -0.1) is 0 Å². The molecular weight excluding hydrogens is 362 g/mol. The van der Waals surface area contributed by atoms with Crippen molar-refractivity contribution >= 4 is 0 Å². The van der Waals surface area contributed by atoms with Crippen LogP contribution in [0.3, 0.4) is 0 Å². The van der Waals surface area contributed by atoms with Gasteiger partial charge >= 0.3 is 0 Å². The van der Waals surface area contributed by atoms with E-state index in [1.54, 1.807) is 14.0 Å². The van der Waals surface area contributed by atoms with Crippen molar-refractivity contribution in [2.45, 2.75) is 21.8 Å². The summed E-state index contributed by atoms with van der Waals surface area (Å²) in [5.41, 5.74) is 0. The van der Waals surface area contributed by atoms with Gasteiger partial charge in [0.25, 0.3) is 0 Å². The molecule has 0 aromatic carbocycles. The minimum atomic E-state index is 0. The zero-order valence-electron chi connectivity index (χ0n) is 7.73. The average Bonchev–Trinajstić information content (AvgIpc) is 2.63. The smallest absolute Gasteiger partial charge is 0.00677 e. The number of tetrazole rings is 2. The minimum absolute atomic E-state index is 0. The molecule has 2 aromatic rings. The van der Waals surface area contributed by atoms with E-state index in [1.807, 2.05) is 0 Å². The summed E-state index contributed by atoms with van der Waals surface area (Å²) in [6, 6.07) is 0. The monoisotopic (exact) mass is 376 g/mol. The van der Waals surface area contributed by atoms with E-state index < -0.39 is 0 Å². The molecule has 8 nitrogen and oxygen atoms in total. The summed E-state index contributed by atoms with van der Waals surface area (Å²) in [7, 11) is 1.71. The van der Waals surface area contributed by atoms with Gasteiger partial charge in [0.05, 0.1) is 0 Å². The summed E-state index contributed by atoms with van der Waals surface area (Å²) >= 11 is 0. The molecule has 0 unspecified atom stereocenters. The normalized spacial score (nSPS) is 6.62. The van der Waals surface area contributed by atoms with Crippen LogP contribution < -0.4 is 5.10 Å². The predicted octanol–water partition coefficient (Wildman–Crippen LogP) is -0.585. The van der Waals surface area contributed by atoms with Gasteiger partial charge in [-0.25, -0.2) is 6.33 Å². The zero-order chi connectivity index (χ0) is 8.81. The molecule has 0 atom stereocenters. The minimum Gasteiger partial charge on any atom is -0.410 e. The van der Waals surface area contributed by atoms with Crippen molar-refractivity contribution in [3.8, 4) is 0 Å². The number of hydrogen-bond donors (Lipinski definition) is 0. The summed E-state index contributed by atoms with van der Waals surface area (Å²) < 4.78 is 1.40. The third-order valence-corrected chi connectivity index (χ3v) is 0.827. The fourth-order valence-electron chi connectivity index (χ4n) is 0.374. The molecule has 2 aromatic heterocycles. The molecule has 2 radical (unpaired) electrons. The van der Waals surface area contributed by atoms with Crippen molar-refractivity contribution in [1.29, 1.82) is 0 Å². The summed E-state index contributed by atoms with van der Waals surface area (Å²) in [6.07, 6.45) is 2.44. The molecule has 0 saturated heterocycles. The van der Waals surface area contributed by atoms with Crippen molar-refractivity contribution in [2.24, 2.45) is 7.05 Å². The largest absolute Gasteiger partial charge is 0.410 e. The summed E-state index contributed by atoms with van der Waals surface area (Å²) in [5.74, 6) is 0.620. The van der Waals surface area contributed by atoms with Crippen LogP contribution in [0.5, 0.6) is 0 Å². The summed E-state index contributed by atoms with van der Waals surface area (Å²) in [5, 5.41) is 23.3. The predicted molar refractivity (Wildman–Crippen MR) is 49.0 cm³/mol. The van der Waals surface area contributed by atoms with E-state index in [1.165, 1.54) is 4.68 Å². The maximum absolute atomic E-state index is 3.44. The van der Waals surface area contributed by atoms with Gasteiger partial charge < -0.3 is 14.9 Å². The van der Waals surface area contributed by atoms with Crippen molar-refractivity contribution in [3.05, 3.63) is 12.2 Å². The average molecular weight is 376 g/mol. The molecule has 0 fully saturated rings. The van der Waals surface area contributed by atoms with Crippen LogP contribution in [0.1, 0.15) is 20.7 Å². The third kappa shape index (κ3) is 12.4. The van der Waals surface area contributed by atoms with Gasteiger partial charge in [-0.3, -0.25) is 10.3 Å². The van der Waals surface area contributed by atoms with Crippen LogP contribution in [0.25, 0.3) is 0 Å². The van der Waals surface area contributed by atoms with Gasteiger partial charge in [-0.05, 0) is 14.0 Å². The van der Waals surface area contributed by atoms with Crippen molar-refractivity contribution in [2.75, 3.05) is 0 Å². The topological polar surface area (TPSA) is 96.4 Å². The molecule has 86 valence electrons. The summed E-state index contributed by atoms with van der Waals surface area (Å²) in [6.45, 7) is 1.74. The summed E-state index contributed by atoms with van der Waals surface area (Å²) in [4.78, 5) is 0. The number of rotatable bonds is 0. The molecule has 0 saturated carbocycles. The van der Waals surface area contributed by atoms with E-state index >= 15 is 0 Å². The molecule has 0 aliphatic heterocycles. The van der Waals surface area contributed by atoms with Crippen LogP contribution in [0, 0.1) is 13.3 Å². The fraction of sp³-hybridized carbons (Fsp3) is 0.667. The molecular formula is C6H14N8Y2-2. The van der Waals surface area contributed by atoms with Gasteiger partial charge in [-0.2, -0.15) is 5.21 Å². The Kier molecular flexibility index (Phi) is 24.2. The molecule has 0 amide bonds. The van der Waals surface area contributed by atoms with Crippen LogP contribution in [0.15, 0.2) is 0 Å². The zero-order valence-corrected chi connectivity index (χ0v) is 13.4. The second-order valence-electron chi connectivity index (χ2n) is 1.83. The van der Waals surface area contributed by atoms with E-state index in [4.69, 9.17) is 0 Å². The Hall–Kier alpha value is 0.348. The van der Waals surface area contributed by atoms with Gasteiger partial charge in [0.1, 0.15) is 0 Å². The standard InChI is InChI=1S/2C2H3N4.2CH4.2Y/c1-6-2-3-4-5-6;1-2-3-5-6-4-2;;;;/h2*1H3;2*1H4;;/q2*-1;;;;. The number of hydrogen-bond acceptors (Lipinski definition) is 6. The molecule has 0 bridgehead atoms. The molecule has 2 rings (SSSR count). The first-order valence-corrected chi connectivity index (χ1v) is 3.04. The Balaban J connectivity index is -0.0000000720. The second kappa shape index (κ2) is 15.3. The molecule has 16 heavy (non-hydrogen) atoms. The van der Waals surface area contributed by atoms with E-state index in [0.717, 1.165) is 0 Å². The Morgan fingerprint density at radius 1 is 1.19 bits per heavy atom. The maximum Gasteiger partial charge on any atom is 0.00677 e. The molecule has 0 spiro atoms. The molecule has 2 heterocycles. The fourth-order valence-corrected chi connectivity index (χ4v) is 0.374. The van der Waals surface area contributed by atoms with Crippen LogP contribution in [-0.4, -0.2) is 35.7 Å². The van der Waals surface area contributed by atoms with E-state index in [0.29, 0.717) is 5.82 Å². The maximum atomic E-state index is 3.44.